The van der Waals surface area contributed by atoms with E-state index in [1.165, 1.54) is 6.42 Å². The maximum absolute atomic E-state index is 13.6. The molecule has 31 heavy (non-hydrogen) atoms. The number of hydrogen-bond donors (Lipinski definition) is 1. The zero-order chi connectivity index (χ0) is 21.1. The van der Waals surface area contributed by atoms with Gasteiger partial charge in [-0.25, -0.2) is 9.97 Å². The summed E-state index contributed by atoms with van der Waals surface area (Å²) in [4.78, 5) is 24.7. The molecule has 1 atom stereocenters. The van der Waals surface area contributed by atoms with E-state index in [2.05, 4.69) is 22.2 Å². The summed E-state index contributed by atoms with van der Waals surface area (Å²) in [6.07, 6.45) is 5.89. The molecule has 1 saturated heterocycles. The number of piperidine rings is 1. The van der Waals surface area contributed by atoms with Crippen molar-refractivity contribution in [1.29, 1.82) is 0 Å². The Morgan fingerprint density at radius 2 is 2.03 bits per heavy atom. The van der Waals surface area contributed by atoms with Crippen molar-refractivity contribution in [1.82, 2.24) is 14.9 Å². The molecule has 0 radical (unpaired) electrons. The van der Waals surface area contributed by atoms with Gasteiger partial charge in [0.05, 0.1) is 24.0 Å². The van der Waals surface area contributed by atoms with E-state index in [0.29, 0.717) is 17.0 Å². The van der Waals surface area contributed by atoms with E-state index >= 15 is 0 Å². The smallest absolute Gasteiger partial charge is 0.257 e. The second kappa shape index (κ2) is 9.96. The highest BCUT2D eigenvalue weighted by Gasteiger charge is 2.29. The van der Waals surface area contributed by atoms with Crippen LogP contribution < -0.4 is 10.1 Å². The standard InChI is InChI=1S/C24H28N4O2.ClH/c1-4-17-9-7-8-14-28(17)24(29)19-15-25-23-18(13-12-16(2)26-23)22(19)27-20-10-5-6-11-21(20)30-3;/h5-6,10-13,15,17H,4,7-9,14H2,1-3H3,(H,25,26,27);1H. The molecule has 1 unspecified atom stereocenters. The molecule has 0 aliphatic carbocycles. The Kier molecular flexibility index (Phi) is 7.33. The SMILES string of the molecule is CCC1CCCCN1C(=O)c1cnc2nc(C)ccc2c1Nc1ccccc1OC.Cl. The van der Waals surface area contributed by atoms with Gasteiger partial charge in [0, 0.05) is 29.9 Å². The van der Waals surface area contributed by atoms with E-state index in [1.807, 2.05) is 48.2 Å². The van der Waals surface area contributed by atoms with E-state index in [9.17, 15) is 4.79 Å². The number of carbonyl (C=O) groups excluding carboxylic acids is 1. The minimum Gasteiger partial charge on any atom is -0.495 e. The Morgan fingerprint density at radius 1 is 1.23 bits per heavy atom. The Labute approximate surface area is 189 Å². The number of pyridine rings is 2. The lowest BCUT2D eigenvalue weighted by Crippen LogP contribution is -2.43. The Hall–Kier alpha value is -2.86. The number of halogens is 1. The third kappa shape index (κ3) is 4.59. The Morgan fingerprint density at radius 3 is 2.81 bits per heavy atom. The van der Waals surface area contributed by atoms with E-state index in [1.54, 1.807) is 13.3 Å². The molecule has 1 amide bonds. The first-order chi connectivity index (χ1) is 14.6. The van der Waals surface area contributed by atoms with Gasteiger partial charge in [0.2, 0.25) is 0 Å². The zero-order valence-corrected chi connectivity index (χ0v) is 19.0. The first kappa shape index (κ1) is 22.8. The number of amides is 1. The van der Waals surface area contributed by atoms with Crippen LogP contribution in [0.4, 0.5) is 11.4 Å². The average molecular weight is 441 g/mol. The molecular formula is C24H29ClN4O2. The number of hydrogen-bond acceptors (Lipinski definition) is 5. The number of benzene rings is 1. The highest BCUT2D eigenvalue weighted by atomic mass is 35.5. The fourth-order valence-corrected chi connectivity index (χ4v) is 4.20. The van der Waals surface area contributed by atoms with Crippen LogP contribution in [0, 0.1) is 6.92 Å². The van der Waals surface area contributed by atoms with Crippen molar-refractivity contribution in [3.05, 3.63) is 53.9 Å². The van der Waals surface area contributed by atoms with Crippen molar-refractivity contribution in [2.24, 2.45) is 0 Å². The molecule has 1 aliphatic heterocycles. The van der Waals surface area contributed by atoms with E-state index in [0.717, 1.165) is 48.3 Å². The monoisotopic (exact) mass is 440 g/mol. The van der Waals surface area contributed by atoms with Crippen LogP contribution >= 0.6 is 12.4 Å². The normalized spacial score (nSPS) is 16.0. The van der Waals surface area contributed by atoms with Crippen LogP contribution in [0.25, 0.3) is 11.0 Å². The highest BCUT2D eigenvalue weighted by Crippen LogP contribution is 2.34. The number of methoxy groups -OCH3 is 1. The zero-order valence-electron chi connectivity index (χ0n) is 18.2. The molecule has 1 aromatic carbocycles. The first-order valence-electron chi connectivity index (χ1n) is 10.6. The number of carbonyl (C=O) groups is 1. The van der Waals surface area contributed by atoms with Crippen molar-refractivity contribution in [3.63, 3.8) is 0 Å². The van der Waals surface area contributed by atoms with Gasteiger partial charge >= 0.3 is 0 Å². The number of fused-ring (bicyclic) bond motifs is 1. The second-order valence-corrected chi connectivity index (χ2v) is 7.75. The molecule has 3 aromatic rings. The minimum absolute atomic E-state index is 0. The van der Waals surface area contributed by atoms with Crippen molar-refractivity contribution >= 4 is 40.7 Å². The van der Waals surface area contributed by atoms with Gasteiger partial charge in [-0.3, -0.25) is 4.79 Å². The van der Waals surface area contributed by atoms with Crippen LogP contribution in [-0.4, -0.2) is 40.5 Å². The molecule has 0 saturated carbocycles. The third-order valence-electron chi connectivity index (χ3n) is 5.83. The van der Waals surface area contributed by atoms with E-state index in [-0.39, 0.29) is 24.4 Å². The van der Waals surface area contributed by atoms with Gasteiger partial charge in [-0.05, 0) is 56.9 Å². The van der Waals surface area contributed by atoms with Crippen LogP contribution in [0.3, 0.4) is 0 Å². The highest BCUT2D eigenvalue weighted by molar-refractivity contribution is 6.07. The molecule has 0 bridgehead atoms. The second-order valence-electron chi connectivity index (χ2n) is 7.75. The predicted octanol–water partition coefficient (Wildman–Crippen LogP) is 5.52. The van der Waals surface area contributed by atoms with Crippen LogP contribution in [0.1, 0.15) is 48.7 Å². The summed E-state index contributed by atoms with van der Waals surface area (Å²) in [6, 6.07) is 11.9. The number of likely N-dealkylation sites (tertiary alicyclic amines) is 1. The van der Waals surface area contributed by atoms with Crippen LogP contribution in [0.2, 0.25) is 0 Å². The topological polar surface area (TPSA) is 67.4 Å². The van der Waals surface area contributed by atoms with E-state index in [4.69, 9.17) is 4.74 Å². The van der Waals surface area contributed by atoms with Gasteiger partial charge in [0.1, 0.15) is 5.75 Å². The molecule has 7 heteroatoms. The van der Waals surface area contributed by atoms with Gasteiger partial charge in [-0.2, -0.15) is 0 Å². The summed E-state index contributed by atoms with van der Waals surface area (Å²) in [5.74, 6) is 0.735. The van der Waals surface area contributed by atoms with Gasteiger partial charge in [-0.1, -0.05) is 19.1 Å². The lowest BCUT2D eigenvalue weighted by molar-refractivity contribution is 0.0609. The van der Waals surface area contributed by atoms with Crippen LogP contribution in [0.15, 0.2) is 42.6 Å². The van der Waals surface area contributed by atoms with Crippen molar-refractivity contribution in [2.45, 2.75) is 45.6 Å². The number of para-hydroxylation sites is 2. The number of ether oxygens (including phenoxy) is 1. The van der Waals surface area contributed by atoms with Crippen molar-refractivity contribution in [3.8, 4) is 5.75 Å². The van der Waals surface area contributed by atoms with Gasteiger partial charge in [-0.15, -0.1) is 12.4 Å². The number of rotatable bonds is 5. The van der Waals surface area contributed by atoms with E-state index < -0.39 is 0 Å². The van der Waals surface area contributed by atoms with Crippen molar-refractivity contribution < 1.29 is 9.53 Å². The predicted molar refractivity (Wildman–Crippen MR) is 127 cm³/mol. The van der Waals surface area contributed by atoms with Gasteiger partial charge < -0.3 is 15.0 Å². The largest absolute Gasteiger partial charge is 0.495 e. The number of aromatic nitrogens is 2. The number of aryl methyl sites for hydroxylation is 1. The minimum atomic E-state index is 0. The summed E-state index contributed by atoms with van der Waals surface area (Å²) < 4.78 is 5.51. The summed E-state index contributed by atoms with van der Waals surface area (Å²) >= 11 is 0. The summed E-state index contributed by atoms with van der Waals surface area (Å²) in [6.45, 7) is 4.87. The third-order valence-corrected chi connectivity index (χ3v) is 5.83. The Balaban J connectivity index is 0.00000272. The lowest BCUT2D eigenvalue weighted by atomic mass is 9.98. The molecular weight excluding hydrogens is 412 g/mol. The number of nitrogens with one attached hydrogen (secondary N) is 1. The Bertz CT molecular complexity index is 1070. The van der Waals surface area contributed by atoms with Gasteiger partial charge in [0.15, 0.2) is 5.65 Å². The molecule has 2 aromatic heterocycles. The maximum Gasteiger partial charge on any atom is 0.257 e. The maximum atomic E-state index is 13.6. The molecule has 3 heterocycles. The summed E-state index contributed by atoms with van der Waals surface area (Å²) in [5, 5.41) is 4.28. The molecule has 1 aliphatic rings. The van der Waals surface area contributed by atoms with Crippen molar-refractivity contribution in [2.75, 3.05) is 19.0 Å². The van der Waals surface area contributed by atoms with Gasteiger partial charge in [0.25, 0.3) is 5.91 Å². The first-order valence-corrected chi connectivity index (χ1v) is 10.6. The fraction of sp³-hybridized carbons (Fsp3) is 0.375. The summed E-state index contributed by atoms with van der Waals surface area (Å²) in [7, 11) is 1.64. The summed E-state index contributed by atoms with van der Waals surface area (Å²) in [5.41, 5.74) is 3.60. The number of anilines is 2. The lowest BCUT2D eigenvalue weighted by Gasteiger charge is -2.35. The fourth-order valence-electron chi connectivity index (χ4n) is 4.20. The molecule has 164 valence electrons. The van der Waals surface area contributed by atoms with Crippen LogP contribution in [-0.2, 0) is 0 Å². The molecule has 0 spiro atoms. The quantitative estimate of drug-likeness (QED) is 0.566. The average Bonchev–Trinajstić information content (AvgIpc) is 2.79. The molecule has 6 nitrogen and oxygen atoms in total. The molecule has 4 rings (SSSR count). The molecule has 1 fully saturated rings. The van der Waals surface area contributed by atoms with Crippen LogP contribution in [0.5, 0.6) is 5.75 Å². The number of nitrogens with zero attached hydrogens (tertiary/aromatic N) is 3. The molecule has 1 N–H and O–H groups in total.